The summed E-state index contributed by atoms with van der Waals surface area (Å²) < 4.78 is 42.0. The Hall–Kier alpha value is -4.09. The van der Waals surface area contributed by atoms with Crippen LogP contribution in [-0.4, -0.2) is 45.9 Å². The topological polar surface area (TPSA) is 102 Å². The van der Waals surface area contributed by atoms with Gasteiger partial charge in [-0.3, -0.25) is 9.10 Å². The number of hydrogen-bond donors (Lipinski definition) is 1. The Kier molecular flexibility index (Phi) is 8.96. The standard InChI is InChI=1S/C29H29BrN4O5S/c1-20-17-22(21(2)34(20)24-11-9-23(30)10-12-24)18-31-32-29(35)19-33(27-7-5-6-8-28(27)39-4)40(36,37)26-15-13-25(38-3)14-16-26/h5-18H,19H2,1-4H3,(H,32,35)/b31-18-. The van der Waals surface area contributed by atoms with Gasteiger partial charge in [-0.1, -0.05) is 28.1 Å². The van der Waals surface area contributed by atoms with Crippen LogP contribution in [0, 0.1) is 13.8 Å². The van der Waals surface area contributed by atoms with Crippen LogP contribution in [0.15, 0.2) is 93.3 Å². The zero-order chi connectivity index (χ0) is 28.9. The summed E-state index contributed by atoms with van der Waals surface area (Å²) in [6, 6.07) is 22.4. The van der Waals surface area contributed by atoms with E-state index in [-0.39, 0.29) is 10.6 Å². The highest BCUT2D eigenvalue weighted by Crippen LogP contribution is 2.32. The molecule has 0 saturated carbocycles. The quantitative estimate of drug-likeness (QED) is 0.192. The Morgan fingerprint density at radius 1 is 1.00 bits per heavy atom. The number of amides is 1. The molecule has 11 heteroatoms. The van der Waals surface area contributed by atoms with Crippen LogP contribution in [0.25, 0.3) is 5.69 Å². The van der Waals surface area contributed by atoms with E-state index in [0.717, 1.165) is 31.4 Å². The number of nitrogens with one attached hydrogen (secondary N) is 1. The monoisotopic (exact) mass is 624 g/mol. The Bertz CT molecular complexity index is 1630. The Labute approximate surface area is 242 Å². The van der Waals surface area contributed by atoms with Crippen LogP contribution in [0.3, 0.4) is 0 Å². The first-order valence-corrected chi connectivity index (χ1v) is 14.5. The number of sulfonamides is 1. The Morgan fingerprint density at radius 3 is 2.33 bits per heavy atom. The third-order valence-electron chi connectivity index (χ3n) is 6.24. The fourth-order valence-electron chi connectivity index (χ4n) is 4.26. The van der Waals surface area contributed by atoms with Crippen molar-refractivity contribution >= 4 is 43.8 Å². The zero-order valence-electron chi connectivity index (χ0n) is 22.5. The number of benzene rings is 3. The minimum absolute atomic E-state index is 0.00381. The van der Waals surface area contributed by atoms with Crippen LogP contribution in [0.5, 0.6) is 11.5 Å². The average molecular weight is 626 g/mol. The van der Waals surface area contributed by atoms with E-state index in [4.69, 9.17) is 9.47 Å². The number of hydrazone groups is 1. The largest absolute Gasteiger partial charge is 0.497 e. The average Bonchev–Trinajstić information content (AvgIpc) is 3.24. The lowest BCUT2D eigenvalue weighted by molar-refractivity contribution is -0.119. The van der Waals surface area contributed by atoms with Gasteiger partial charge in [0.25, 0.3) is 15.9 Å². The number of nitrogens with zero attached hydrogens (tertiary/aromatic N) is 3. The molecule has 0 spiro atoms. The maximum absolute atomic E-state index is 13.7. The van der Waals surface area contributed by atoms with E-state index in [2.05, 4.69) is 31.0 Å². The number of anilines is 1. The molecule has 0 radical (unpaired) electrons. The molecular weight excluding hydrogens is 596 g/mol. The van der Waals surface area contributed by atoms with Crippen molar-refractivity contribution in [3.8, 4) is 17.2 Å². The lowest BCUT2D eigenvalue weighted by atomic mass is 10.2. The predicted molar refractivity (Wildman–Crippen MR) is 159 cm³/mol. The molecule has 9 nitrogen and oxygen atoms in total. The zero-order valence-corrected chi connectivity index (χ0v) is 24.9. The van der Waals surface area contributed by atoms with Gasteiger partial charge in [0.1, 0.15) is 18.0 Å². The normalized spacial score (nSPS) is 11.4. The van der Waals surface area contributed by atoms with Crippen molar-refractivity contribution in [2.24, 2.45) is 5.10 Å². The second-order valence-corrected chi connectivity index (χ2v) is 11.6. The van der Waals surface area contributed by atoms with Gasteiger partial charge in [-0.05, 0) is 80.6 Å². The molecule has 1 aromatic heterocycles. The summed E-state index contributed by atoms with van der Waals surface area (Å²) in [5.74, 6) is 0.187. The molecule has 0 aliphatic heterocycles. The van der Waals surface area contributed by atoms with Crippen LogP contribution in [-0.2, 0) is 14.8 Å². The molecule has 208 valence electrons. The first-order valence-electron chi connectivity index (χ1n) is 12.2. The van der Waals surface area contributed by atoms with E-state index in [1.807, 2.05) is 44.2 Å². The van der Waals surface area contributed by atoms with E-state index >= 15 is 0 Å². The van der Waals surface area contributed by atoms with Crippen molar-refractivity contribution in [3.63, 3.8) is 0 Å². The molecule has 3 aromatic carbocycles. The molecule has 0 atom stereocenters. The highest BCUT2D eigenvalue weighted by Gasteiger charge is 2.29. The summed E-state index contributed by atoms with van der Waals surface area (Å²) in [6.07, 6.45) is 1.54. The minimum atomic E-state index is -4.15. The van der Waals surface area contributed by atoms with E-state index in [1.54, 1.807) is 42.6 Å². The van der Waals surface area contributed by atoms with E-state index < -0.39 is 22.5 Å². The number of aryl methyl sites for hydroxylation is 1. The van der Waals surface area contributed by atoms with Crippen molar-refractivity contribution < 1.29 is 22.7 Å². The van der Waals surface area contributed by atoms with E-state index in [9.17, 15) is 13.2 Å². The first kappa shape index (κ1) is 28.9. The summed E-state index contributed by atoms with van der Waals surface area (Å²) >= 11 is 3.46. The molecule has 0 fully saturated rings. The van der Waals surface area contributed by atoms with Crippen molar-refractivity contribution in [1.29, 1.82) is 0 Å². The summed E-state index contributed by atoms with van der Waals surface area (Å²) in [7, 11) is -1.22. The number of methoxy groups -OCH3 is 2. The van der Waals surface area contributed by atoms with Gasteiger partial charge in [-0.15, -0.1) is 0 Å². The molecule has 1 amide bonds. The summed E-state index contributed by atoms with van der Waals surface area (Å²) in [5, 5.41) is 4.12. The molecule has 0 aliphatic carbocycles. The number of rotatable bonds is 10. The van der Waals surface area contributed by atoms with Crippen molar-refractivity contribution in [2.45, 2.75) is 18.7 Å². The number of carbonyl (C=O) groups excluding carboxylic acids is 1. The van der Waals surface area contributed by atoms with E-state index in [0.29, 0.717) is 11.5 Å². The fraction of sp³-hybridized carbons (Fsp3) is 0.172. The first-order chi connectivity index (χ1) is 19.1. The van der Waals surface area contributed by atoms with Gasteiger partial charge in [0.05, 0.1) is 31.0 Å². The van der Waals surface area contributed by atoms with Crippen LogP contribution in [0.1, 0.15) is 17.0 Å². The minimum Gasteiger partial charge on any atom is -0.497 e. The third kappa shape index (κ3) is 6.21. The fourth-order valence-corrected chi connectivity index (χ4v) is 5.95. The van der Waals surface area contributed by atoms with Crippen LogP contribution in [0.4, 0.5) is 5.69 Å². The van der Waals surface area contributed by atoms with Crippen LogP contribution in [0.2, 0.25) is 0 Å². The summed E-state index contributed by atoms with van der Waals surface area (Å²) in [5.41, 5.74) is 6.43. The Balaban J connectivity index is 1.58. The Morgan fingerprint density at radius 2 is 1.68 bits per heavy atom. The van der Waals surface area contributed by atoms with Gasteiger partial charge < -0.3 is 14.0 Å². The van der Waals surface area contributed by atoms with Gasteiger partial charge in [0.15, 0.2) is 0 Å². The second-order valence-electron chi connectivity index (χ2n) is 8.79. The number of ether oxygens (including phenoxy) is 2. The number of hydrogen-bond acceptors (Lipinski definition) is 6. The van der Waals surface area contributed by atoms with Crippen molar-refractivity contribution in [1.82, 2.24) is 9.99 Å². The lowest BCUT2D eigenvalue weighted by Gasteiger charge is -2.25. The molecule has 1 N–H and O–H groups in total. The van der Waals surface area contributed by atoms with Crippen LogP contribution < -0.4 is 19.2 Å². The number of halogens is 1. The van der Waals surface area contributed by atoms with Crippen molar-refractivity contribution in [3.05, 3.63) is 100 Å². The highest BCUT2D eigenvalue weighted by molar-refractivity contribution is 9.10. The molecule has 0 saturated heterocycles. The van der Waals surface area contributed by atoms with Gasteiger partial charge >= 0.3 is 0 Å². The maximum Gasteiger partial charge on any atom is 0.264 e. The second kappa shape index (κ2) is 12.4. The number of aromatic nitrogens is 1. The smallest absolute Gasteiger partial charge is 0.264 e. The molecule has 0 aliphatic rings. The van der Waals surface area contributed by atoms with Gasteiger partial charge in [0.2, 0.25) is 0 Å². The molecular formula is C29H29BrN4O5S. The molecule has 0 bridgehead atoms. The SMILES string of the molecule is COc1ccc(S(=O)(=O)N(CC(=O)N/N=C\c2cc(C)n(-c3ccc(Br)cc3)c2C)c2ccccc2OC)cc1. The molecule has 4 rings (SSSR count). The molecule has 4 aromatic rings. The summed E-state index contributed by atoms with van der Waals surface area (Å²) in [4.78, 5) is 13.0. The highest BCUT2D eigenvalue weighted by atomic mass is 79.9. The lowest BCUT2D eigenvalue weighted by Crippen LogP contribution is -2.39. The maximum atomic E-state index is 13.7. The molecule has 40 heavy (non-hydrogen) atoms. The molecule has 0 unspecified atom stereocenters. The van der Waals surface area contributed by atoms with Gasteiger partial charge in [0, 0.05) is 27.1 Å². The van der Waals surface area contributed by atoms with Gasteiger partial charge in [-0.25, -0.2) is 13.8 Å². The predicted octanol–water partition coefficient (Wildman–Crippen LogP) is 5.22. The van der Waals surface area contributed by atoms with E-state index in [1.165, 1.54) is 26.4 Å². The number of carbonyl (C=O) groups is 1. The van der Waals surface area contributed by atoms with Crippen LogP contribution >= 0.6 is 15.9 Å². The third-order valence-corrected chi connectivity index (χ3v) is 8.54. The van der Waals surface area contributed by atoms with Gasteiger partial charge in [-0.2, -0.15) is 5.10 Å². The number of para-hydroxylation sites is 2. The van der Waals surface area contributed by atoms with Crippen molar-refractivity contribution in [2.75, 3.05) is 25.1 Å². The summed E-state index contributed by atoms with van der Waals surface area (Å²) in [6.45, 7) is 3.42. The molecule has 1 heterocycles.